The zero-order valence-corrected chi connectivity index (χ0v) is 13.2. The Labute approximate surface area is 122 Å². The lowest BCUT2D eigenvalue weighted by molar-refractivity contribution is 0.0924. The highest BCUT2D eigenvalue weighted by molar-refractivity contribution is 5.69. The number of hydrogen-bond donors (Lipinski definition) is 0. The lowest BCUT2D eigenvalue weighted by Crippen LogP contribution is -2.43. The summed E-state index contributed by atoms with van der Waals surface area (Å²) in [7, 11) is 5.48. The molecule has 1 aliphatic heterocycles. The van der Waals surface area contributed by atoms with E-state index in [4.69, 9.17) is 4.74 Å². The number of carbonyl (C=O) groups is 1. The van der Waals surface area contributed by atoms with Gasteiger partial charge < -0.3 is 9.64 Å². The highest BCUT2D eigenvalue weighted by Crippen LogP contribution is 2.30. The molecule has 0 saturated carbocycles. The zero-order chi connectivity index (χ0) is 15.1. The first-order valence-electron chi connectivity index (χ1n) is 7.20. The van der Waals surface area contributed by atoms with Crippen molar-refractivity contribution in [2.75, 3.05) is 34.3 Å². The second-order valence-corrected chi connectivity index (χ2v) is 4.89. The molecule has 0 N–H and O–H groups in total. The van der Waals surface area contributed by atoms with Crippen LogP contribution in [0.25, 0.3) is 0 Å². The van der Waals surface area contributed by atoms with E-state index >= 15 is 0 Å². The summed E-state index contributed by atoms with van der Waals surface area (Å²) in [5.74, 6) is 0. The first-order chi connectivity index (χ1) is 9.63. The van der Waals surface area contributed by atoms with Gasteiger partial charge in [0.2, 0.25) is 0 Å². The molecule has 1 unspecified atom stereocenters. The van der Waals surface area contributed by atoms with Crippen molar-refractivity contribution in [2.45, 2.75) is 26.3 Å². The van der Waals surface area contributed by atoms with Crippen LogP contribution in [0, 0.1) is 0 Å². The Morgan fingerprint density at radius 3 is 2.60 bits per heavy atom. The predicted molar refractivity (Wildman–Crippen MR) is 81.9 cm³/mol. The number of fused-ring (bicyclic) bond motifs is 1. The molecule has 1 amide bonds. The van der Waals surface area contributed by atoms with E-state index in [1.165, 1.54) is 18.2 Å². The van der Waals surface area contributed by atoms with E-state index in [1.807, 2.05) is 38.9 Å². The molecule has 1 atom stereocenters. The van der Waals surface area contributed by atoms with Crippen LogP contribution in [-0.2, 0) is 11.2 Å². The third-order valence-electron chi connectivity index (χ3n) is 3.36. The Hall–Kier alpha value is -1.55. The fourth-order valence-electron chi connectivity index (χ4n) is 2.53. The molecule has 2 rings (SSSR count). The number of ether oxygens (including phenoxy) is 1. The van der Waals surface area contributed by atoms with Crippen molar-refractivity contribution in [2.24, 2.45) is 0 Å². The van der Waals surface area contributed by atoms with Gasteiger partial charge >= 0.3 is 6.09 Å². The molecule has 1 heterocycles. The van der Waals surface area contributed by atoms with Gasteiger partial charge in [0.1, 0.15) is 0 Å². The van der Waals surface area contributed by atoms with Crippen LogP contribution in [0.3, 0.4) is 0 Å². The largest absolute Gasteiger partial charge is 0.453 e. The minimum Gasteiger partial charge on any atom is -0.453 e. The van der Waals surface area contributed by atoms with Crippen molar-refractivity contribution in [3.63, 3.8) is 0 Å². The zero-order valence-electron chi connectivity index (χ0n) is 13.2. The summed E-state index contributed by atoms with van der Waals surface area (Å²) >= 11 is 0. The molecule has 0 aromatic heterocycles. The van der Waals surface area contributed by atoms with Crippen LogP contribution in [0.15, 0.2) is 24.3 Å². The average molecular weight is 278 g/mol. The Balaban J connectivity index is 0.000000956. The molecule has 1 aliphatic rings. The molecule has 0 fully saturated rings. The lowest BCUT2D eigenvalue weighted by Gasteiger charge is -2.37. The first-order valence-corrected chi connectivity index (χ1v) is 7.20. The van der Waals surface area contributed by atoms with E-state index < -0.39 is 0 Å². The molecule has 112 valence electrons. The Morgan fingerprint density at radius 2 is 2.00 bits per heavy atom. The van der Waals surface area contributed by atoms with Crippen molar-refractivity contribution in [1.29, 1.82) is 0 Å². The fraction of sp³-hybridized carbons (Fsp3) is 0.562. The first kappa shape index (κ1) is 16.5. The van der Waals surface area contributed by atoms with Crippen LogP contribution >= 0.6 is 0 Å². The SMILES string of the molecule is CC.COC(=O)N1CCc2ccccc2C1CN(C)C. The van der Waals surface area contributed by atoms with Gasteiger partial charge in [0.05, 0.1) is 13.2 Å². The van der Waals surface area contributed by atoms with E-state index in [-0.39, 0.29) is 12.1 Å². The number of methoxy groups -OCH3 is 1. The Kier molecular flexibility index (Phi) is 6.52. The summed E-state index contributed by atoms with van der Waals surface area (Å²) in [6.45, 7) is 5.54. The smallest absolute Gasteiger partial charge is 0.410 e. The van der Waals surface area contributed by atoms with Gasteiger partial charge in [0.25, 0.3) is 0 Å². The molecular weight excluding hydrogens is 252 g/mol. The predicted octanol–water partition coefficient (Wildman–Crippen LogP) is 2.94. The van der Waals surface area contributed by atoms with E-state index in [2.05, 4.69) is 23.1 Å². The maximum atomic E-state index is 11.9. The van der Waals surface area contributed by atoms with Gasteiger partial charge in [-0.05, 0) is 31.6 Å². The van der Waals surface area contributed by atoms with Gasteiger partial charge in [0.15, 0.2) is 0 Å². The summed E-state index contributed by atoms with van der Waals surface area (Å²) in [5, 5.41) is 0. The van der Waals surface area contributed by atoms with Crippen molar-refractivity contribution < 1.29 is 9.53 Å². The van der Waals surface area contributed by atoms with E-state index in [0.717, 1.165) is 19.5 Å². The second kappa shape index (κ2) is 7.90. The van der Waals surface area contributed by atoms with Gasteiger partial charge in [-0.15, -0.1) is 0 Å². The number of carbonyl (C=O) groups excluding carboxylic acids is 1. The van der Waals surface area contributed by atoms with Crippen LogP contribution in [0.5, 0.6) is 0 Å². The van der Waals surface area contributed by atoms with Gasteiger partial charge in [-0.2, -0.15) is 0 Å². The number of likely N-dealkylation sites (N-methyl/N-ethyl adjacent to an activating group) is 1. The maximum absolute atomic E-state index is 11.9. The van der Waals surface area contributed by atoms with Crippen molar-refractivity contribution in [3.05, 3.63) is 35.4 Å². The maximum Gasteiger partial charge on any atom is 0.410 e. The molecule has 0 radical (unpaired) electrons. The number of amides is 1. The van der Waals surface area contributed by atoms with Crippen molar-refractivity contribution in [1.82, 2.24) is 9.80 Å². The van der Waals surface area contributed by atoms with Gasteiger partial charge in [-0.3, -0.25) is 4.90 Å². The summed E-state index contributed by atoms with van der Waals surface area (Å²) in [4.78, 5) is 15.8. The van der Waals surface area contributed by atoms with Crippen LogP contribution in [0.4, 0.5) is 4.79 Å². The average Bonchev–Trinajstić information content (AvgIpc) is 2.48. The highest BCUT2D eigenvalue weighted by Gasteiger charge is 2.31. The van der Waals surface area contributed by atoms with Crippen LogP contribution in [0.2, 0.25) is 0 Å². The quantitative estimate of drug-likeness (QED) is 0.834. The van der Waals surface area contributed by atoms with Crippen LogP contribution < -0.4 is 0 Å². The molecule has 1 aromatic carbocycles. The number of benzene rings is 1. The highest BCUT2D eigenvalue weighted by atomic mass is 16.5. The minimum absolute atomic E-state index is 0.0809. The molecule has 1 aromatic rings. The van der Waals surface area contributed by atoms with Crippen molar-refractivity contribution in [3.8, 4) is 0 Å². The molecular formula is C16H26N2O2. The normalized spacial score (nSPS) is 17.1. The third kappa shape index (κ3) is 3.73. The summed E-state index contributed by atoms with van der Waals surface area (Å²) in [6.07, 6.45) is 0.659. The molecule has 0 bridgehead atoms. The topological polar surface area (TPSA) is 32.8 Å². The number of rotatable bonds is 2. The third-order valence-corrected chi connectivity index (χ3v) is 3.36. The number of hydrogen-bond acceptors (Lipinski definition) is 3. The van der Waals surface area contributed by atoms with Gasteiger partial charge in [-0.1, -0.05) is 38.1 Å². The van der Waals surface area contributed by atoms with E-state index in [0.29, 0.717) is 0 Å². The minimum atomic E-state index is -0.239. The fourth-order valence-corrected chi connectivity index (χ4v) is 2.53. The van der Waals surface area contributed by atoms with Gasteiger partial charge in [0, 0.05) is 13.1 Å². The molecule has 0 saturated heterocycles. The molecule has 4 nitrogen and oxygen atoms in total. The van der Waals surface area contributed by atoms with E-state index in [9.17, 15) is 4.79 Å². The Morgan fingerprint density at radius 1 is 1.35 bits per heavy atom. The number of nitrogens with zero attached hydrogens (tertiary/aromatic N) is 2. The molecule has 20 heavy (non-hydrogen) atoms. The summed E-state index contributed by atoms with van der Waals surface area (Å²) in [5.41, 5.74) is 2.58. The van der Waals surface area contributed by atoms with Crippen LogP contribution in [-0.4, -0.2) is 50.2 Å². The standard InChI is InChI=1S/C14H20N2O2.C2H6/c1-15(2)10-13-12-7-5-4-6-11(12)8-9-16(13)14(17)18-3;1-2/h4-7,13H,8-10H2,1-3H3;1-2H3. The summed E-state index contributed by atoms with van der Waals surface area (Å²) in [6, 6.07) is 8.42. The molecule has 4 heteroatoms. The monoisotopic (exact) mass is 278 g/mol. The second-order valence-electron chi connectivity index (χ2n) is 4.89. The summed E-state index contributed by atoms with van der Waals surface area (Å²) < 4.78 is 4.89. The van der Waals surface area contributed by atoms with Gasteiger partial charge in [-0.25, -0.2) is 4.79 Å². The molecule has 0 aliphatic carbocycles. The Bertz CT molecular complexity index is 432. The lowest BCUT2D eigenvalue weighted by atomic mass is 9.92. The van der Waals surface area contributed by atoms with Crippen LogP contribution in [0.1, 0.15) is 31.0 Å². The van der Waals surface area contributed by atoms with Crippen molar-refractivity contribution >= 4 is 6.09 Å². The molecule has 0 spiro atoms. The van der Waals surface area contributed by atoms with E-state index in [1.54, 1.807) is 0 Å².